The van der Waals surface area contributed by atoms with Crippen LogP contribution >= 0.6 is 12.4 Å². The van der Waals surface area contributed by atoms with E-state index < -0.39 is 0 Å². The second-order valence-electron chi connectivity index (χ2n) is 6.58. The minimum Gasteiger partial charge on any atom is -0.351 e. The molecule has 2 fully saturated rings. The van der Waals surface area contributed by atoms with Crippen LogP contribution in [0.4, 0.5) is 0 Å². The molecule has 4 heteroatoms. The number of carbonyl (C=O) groups is 1. The van der Waals surface area contributed by atoms with Crippen molar-refractivity contribution in [2.75, 3.05) is 0 Å². The Morgan fingerprint density at radius 1 is 1.16 bits per heavy atom. The van der Waals surface area contributed by atoms with E-state index in [1.165, 1.54) is 32.1 Å². The molecular weight excluding hydrogens is 260 g/mol. The molecule has 19 heavy (non-hydrogen) atoms. The first-order chi connectivity index (χ1) is 8.59. The number of carbonyl (C=O) groups excluding carboxylic acids is 1. The van der Waals surface area contributed by atoms with Crippen LogP contribution in [0, 0.1) is 5.92 Å². The van der Waals surface area contributed by atoms with Gasteiger partial charge in [-0.3, -0.25) is 4.79 Å². The van der Waals surface area contributed by atoms with Gasteiger partial charge in [0.05, 0.1) is 0 Å². The summed E-state index contributed by atoms with van der Waals surface area (Å²) in [6.07, 6.45) is 11.4. The van der Waals surface area contributed by atoms with Crippen LogP contribution in [0.5, 0.6) is 0 Å². The summed E-state index contributed by atoms with van der Waals surface area (Å²) < 4.78 is 0. The summed E-state index contributed by atoms with van der Waals surface area (Å²) in [6, 6.07) is 0.240. The molecule has 2 unspecified atom stereocenters. The van der Waals surface area contributed by atoms with Crippen molar-refractivity contribution >= 4 is 18.3 Å². The summed E-state index contributed by atoms with van der Waals surface area (Å²) in [5.41, 5.74) is 6.16. The van der Waals surface area contributed by atoms with Gasteiger partial charge in [-0.2, -0.15) is 0 Å². The van der Waals surface area contributed by atoms with Crippen molar-refractivity contribution in [3.63, 3.8) is 0 Å². The van der Waals surface area contributed by atoms with Gasteiger partial charge in [0.15, 0.2) is 0 Å². The van der Waals surface area contributed by atoms with Gasteiger partial charge in [-0.1, -0.05) is 32.1 Å². The van der Waals surface area contributed by atoms with E-state index in [1.54, 1.807) is 0 Å². The highest BCUT2D eigenvalue weighted by Crippen LogP contribution is 2.29. The van der Waals surface area contributed by atoms with Crippen LogP contribution in [0.3, 0.4) is 0 Å². The van der Waals surface area contributed by atoms with Gasteiger partial charge in [-0.25, -0.2) is 0 Å². The third-order valence-electron chi connectivity index (χ3n) is 4.81. The molecule has 3 nitrogen and oxygen atoms in total. The van der Waals surface area contributed by atoms with Gasteiger partial charge in [0.1, 0.15) is 0 Å². The maximum atomic E-state index is 12.2. The molecule has 0 aliphatic heterocycles. The van der Waals surface area contributed by atoms with Gasteiger partial charge in [0.2, 0.25) is 5.91 Å². The fraction of sp³-hybridized carbons (Fsp3) is 0.933. The molecule has 2 rings (SSSR count). The Hall–Kier alpha value is -0.280. The smallest absolute Gasteiger partial charge is 0.220 e. The minimum absolute atomic E-state index is 0. The molecule has 3 N–H and O–H groups in total. The standard InChI is InChI=1S/C15H28N2O.ClH/c1-15(9-5-2-6-10-15)17-14(18)11-12-7-3-4-8-13(12)16;/h12-13H,2-11,16H2,1H3,(H,17,18);1H. The minimum atomic E-state index is 0. The van der Waals surface area contributed by atoms with Crippen molar-refractivity contribution in [1.29, 1.82) is 0 Å². The van der Waals surface area contributed by atoms with Gasteiger partial charge in [0, 0.05) is 18.0 Å². The Kier molecular flexibility index (Phi) is 6.61. The fourth-order valence-electron chi connectivity index (χ4n) is 3.57. The summed E-state index contributed by atoms with van der Waals surface area (Å²) in [5, 5.41) is 3.27. The molecule has 0 radical (unpaired) electrons. The number of amides is 1. The topological polar surface area (TPSA) is 55.1 Å². The van der Waals surface area contributed by atoms with E-state index in [0.717, 1.165) is 25.7 Å². The van der Waals surface area contributed by atoms with Crippen molar-refractivity contribution in [2.45, 2.75) is 82.7 Å². The quantitative estimate of drug-likeness (QED) is 0.838. The van der Waals surface area contributed by atoms with Crippen LogP contribution < -0.4 is 11.1 Å². The Morgan fingerprint density at radius 3 is 2.42 bits per heavy atom. The maximum Gasteiger partial charge on any atom is 0.220 e. The van der Waals surface area contributed by atoms with Gasteiger partial charge >= 0.3 is 0 Å². The number of nitrogens with one attached hydrogen (secondary N) is 1. The second kappa shape index (κ2) is 7.49. The van der Waals surface area contributed by atoms with Crippen molar-refractivity contribution in [3.8, 4) is 0 Å². The number of rotatable bonds is 3. The Labute approximate surface area is 123 Å². The van der Waals surface area contributed by atoms with Crippen molar-refractivity contribution in [1.82, 2.24) is 5.32 Å². The van der Waals surface area contributed by atoms with E-state index >= 15 is 0 Å². The van der Waals surface area contributed by atoms with E-state index in [4.69, 9.17) is 5.73 Å². The number of hydrogen-bond acceptors (Lipinski definition) is 2. The zero-order valence-corrected chi connectivity index (χ0v) is 12.9. The average Bonchev–Trinajstić information content (AvgIpc) is 2.32. The molecule has 2 atom stereocenters. The number of nitrogens with two attached hydrogens (primary N) is 1. The first-order valence-corrected chi connectivity index (χ1v) is 7.66. The van der Waals surface area contributed by atoms with Crippen LogP contribution in [0.15, 0.2) is 0 Å². The lowest BCUT2D eigenvalue weighted by atomic mass is 9.81. The van der Waals surface area contributed by atoms with Crippen LogP contribution in [-0.4, -0.2) is 17.5 Å². The lowest BCUT2D eigenvalue weighted by Crippen LogP contribution is -2.48. The SMILES string of the molecule is CC1(NC(=O)CC2CCCCC2N)CCCCC1.Cl. The number of halogens is 1. The largest absolute Gasteiger partial charge is 0.351 e. The molecule has 0 heterocycles. The fourth-order valence-corrected chi connectivity index (χ4v) is 3.57. The van der Waals surface area contributed by atoms with Crippen molar-refractivity contribution in [2.24, 2.45) is 11.7 Å². The predicted molar refractivity (Wildman–Crippen MR) is 81.4 cm³/mol. The summed E-state index contributed by atoms with van der Waals surface area (Å²) in [5.74, 6) is 0.632. The average molecular weight is 289 g/mol. The van der Waals surface area contributed by atoms with E-state index in [0.29, 0.717) is 12.3 Å². The Bertz CT molecular complexity index is 290. The Morgan fingerprint density at radius 2 is 1.79 bits per heavy atom. The monoisotopic (exact) mass is 288 g/mol. The van der Waals surface area contributed by atoms with E-state index in [9.17, 15) is 4.79 Å². The first kappa shape index (κ1) is 16.8. The maximum absolute atomic E-state index is 12.2. The second-order valence-corrected chi connectivity index (χ2v) is 6.58. The molecule has 0 aromatic rings. The molecule has 112 valence electrons. The summed E-state index contributed by atoms with van der Waals surface area (Å²) in [4.78, 5) is 12.2. The molecule has 1 amide bonds. The summed E-state index contributed by atoms with van der Waals surface area (Å²) in [6.45, 7) is 2.20. The van der Waals surface area contributed by atoms with Crippen molar-refractivity contribution in [3.05, 3.63) is 0 Å². The lowest BCUT2D eigenvalue weighted by Gasteiger charge is -2.36. The number of hydrogen-bond donors (Lipinski definition) is 2. The van der Waals surface area contributed by atoms with E-state index in [-0.39, 0.29) is 29.9 Å². The third-order valence-corrected chi connectivity index (χ3v) is 4.81. The highest BCUT2D eigenvalue weighted by molar-refractivity contribution is 5.85. The first-order valence-electron chi connectivity index (χ1n) is 7.66. The third kappa shape index (κ3) is 4.96. The van der Waals surface area contributed by atoms with Gasteiger partial charge in [-0.05, 0) is 38.5 Å². The highest BCUT2D eigenvalue weighted by Gasteiger charge is 2.30. The molecule has 0 aromatic carbocycles. The molecule has 2 aliphatic carbocycles. The van der Waals surface area contributed by atoms with Crippen molar-refractivity contribution < 1.29 is 4.79 Å². The molecular formula is C15H29ClN2O. The zero-order chi connectivity index (χ0) is 13.0. The summed E-state index contributed by atoms with van der Waals surface area (Å²) >= 11 is 0. The normalized spacial score (nSPS) is 30.2. The molecule has 2 aliphatic rings. The molecule has 0 spiro atoms. The van der Waals surface area contributed by atoms with E-state index in [2.05, 4.69) is 12.2 Å². The lowest BCUT2D eigenvalue weighted by molar-refractivity contribution is -0.124. The predicted octanol–water partition coefficient (Wildman–Crippen LogP) is 3.15. The molecule has 0 bridgehead atoms. The van der Waals surface area contributed by atoms with E-state index in [1.807, 2.05) is 0 Å². The zero-order valence-electron chi connectivity index (χ0n) is 12.1. The van der Waals surface area contributed by atoms with Crippen LogP contribution in [0.2, 0.25) is 0 Å². The highest BCUT2D eigenvalue weighted by atomic mass is 35.5. The van der Waals surface area contributed by atoms with Gasteiger partial charge in [0.25, 0.3) is 0 Å². The molecule has 0 aromatic heterocycles. The molecule has 2 saturated carbocycles. The van der Waals surface area contributed by atoms with Crippen LogP contribution in [0.25, 0.3) is 0 Å². The summed E-state index contributed by atoms with van der Waals surface area (Å²) in [7, 11) is 0. The Balaban J connectivity index is 0.00000180. The van der Waals surface area contributed by atoms with Gasteiger partial charge < -0.3 is 11.1 Å². The van der Waals surface area contributed by atoms with Gasteiger partial charge in [-0.15, -0.1) is 12.4 Å². The van der Waals surface area contributed by atoms with Crippen LogP contribution in [-0.2, 0) is 4.79 Å². The van der Waals surface area contributed by atoms with Crippen LogP contribution in [0.1, 0.15) is 71.1 Å². The molecule has 0 saturated heterocycles.